The minimum atomic E-state index is 0. The van der Waals surface area contributed by atoms with Gasteiger partial charge >= 0.3 is 34.1 Å². The van der Waals surface area contributed by atoms with Crippen LogP contribution < -0.4 is 0 Å². The molecule has 242 valence electrons. The number of hydrogen-bond donors (Lipinski definition) is 0. The van der Waals surface area contributed by atoms with Crippen LogP contribution in [-0.4, -0.2) is 48.4 Å². The Labute approximate surface area is 275 Å². The van der Waals surface area contributed by atoms with Crippen molar-refractivity contribution in [3.8, 4) is 0 Å². The van der Waals surface area contributed by atoms with Gasteiger partial charge in [0.05, 0.1) is 6.54 Å². The van der Waals surface area contributed by atoms with Crippen molar-refractivity contribution in [2.45, 2.75) is 142 Å². The van der Waals surface area contributed by atoms with Crippen LogP contribution in [0.5, 0.6) is 0 Å². The van der Waals surface area contributed by atoms with Crippen LogP contribution in [0.3, 0.4) is 0 Å². The first kappa shape index (κ1) is 47.4. The molecule has 0 aromatic rings. The molecule has 40 heavy (non-hydrogen) atoms. The first-order valence-corrected chi connectivity index (χ1v) is 15.7. The average molecular weight is 647 g/mol. The van der Waals surface area contributed by atoms with Gasteiger partial charge in [0.1, 0.15) is 0 Å². The summed E-state index contributed by atoms with van der Waals surface area (Å²) in [4.78, 5) is 17.5. The monoisotopic (exact) mass is 646 g/mol. The summed E-state index contributed by atoms with van der Waals surface area (Å²) in [6.07, 6.45) is 29.9. The molecule has 0 aromatic heterocycles. The Kier molecular flexibility index (Phi) is 35.0. The van der Waals surface area contributed by atoms with E-state index in [1.165, 1.54) is 148 Å². The van der Waals surface area contributed by atoms with Gasteiger partial charge in [-0.25, -0.2) is 0 Å². The molecule has 3 nitrogen and oxygen atoms in total. The molecule has 0 unspecified atom stereocenters. The van der Waals surface area contributed by atoms with Gasteiger partial charge < -0.3 is 34.6 Å². The van der Waals surface area contributed by atoms with Gasteiger partial charge in [-0.15, -0.1) is 0 Å². The summed E-state index contributed by atoms with van der Waals surface area (Å²) in [5.41, 5.74) is 0. The van der Waals surface area contributed by atoms with E-state index < -0.39 is 0 Å². The normalized spacial score (nSPS) is 20.6. The molecule has 0 N–H and O–H groups in total. The van der Waals surface area contributed by atoms with Crippen LogP contribution in [0, 0.1) is 47.5 Å². The minimum absolute atomic E-state index is 0. The average Bonchev–Trinajstić information content (AvgIpc) is 3.69. The summed E-state index contributed by atoms with van der Waals surface area (Å²) in [6.45, 7) is 7.31. The number of piperidine rings is 1. The second kappa shape index (κ2) is 29.5. The molecule has 5 aliphatic rings. The first-order valence-electron chi connectivity index (χ1n) is 15.7. The summed E-state index contributed by atoms with van der Waals surface area (Å²) in [6, 6.07) is 0. The van der Waals surface area contributed by atoms with Gasteiger partial charge in [0.25, 0.3) is 0 Å². The fourth-order valence-electron chi connectivity index (χ4n) is 6.97. The second-order valence-corrected chi connectivity index (χ2v) is 12.3. The van der Waals surface area contributed by atoms with E-state index in [0.29, 0.717) is 12.5 Å². The van der Waals surface area contributed by atoms with Crippen molar-refractivity contribution in [3.05, 3.63) is 29.7 Å². The zero-order valence-corrected chi connectivity index (χ0v) is 29.8. The number of nitrogens with zero attached hydrogens (tertiary/aromatic N) is 2. The number of carbonyl (C=O) groups is 1. The van der Waals surface area contributed by atoms with Crippen LogP contribution in [0.2, 0.25) is 0 Å². The molecule has 0 atom stereocenters. The Bertz CT molecular complexity index is 476. The number of amides is 1. The van der Waals surface area contributed by atoms with Gasteiger partial charge in [-0.2, -0.15) is 0 Å². The maximum atomic E-state index is 12.8. The molecule has 5 fully saturated rings. The Balaban J connectivity index is -0.000000344. The van der Waals surface area contributed by atoms with Crippen LogP contribution in [0.25, 0.3) is 0 Å². The third kappa shape index (κ3) is 19.6. The molecular formula is C35H70Fe2N2O. The van der Waals surface area contributed by atoms with Crippen LogP contribution in [0.15, 0.2) is 0 Å². The Morgan fingerprint density at radius 3 is 1.18 bits per heavy atom. The molecule has 0 bridgehead atoms. The van der Waals surface area contributed by atoms with E-state index in [2.05, 4.69) is 16.7 Å². The molecule has 0 aromatic carbocycles. The van der Waals surface area contributed by atoms with Gasteiger partial charge in [-0.05, 0) is 56.3 Å². The third-order valence-corrected chi connectivity index (χ3v) is 9.39. The minimum Gasteiger partial charge on any atom is -0.358 e. The third-order valence-electron chi connectivity index (χ3n) is 9.39. The van der Waals surface area contributed by atoms with Gasteiger partial charge in [0.15, 0.2) is 0 Å². The quantitative estimate of drug-likeness (QED) is 0.203. The Morgan fingerprint density at radius 1 is 0.550 bits per heavy atom. The van der Waals surface area contributed by atoms with Crippen molar-refractivity contribution in [1.29, 1.82) is 0 Å². The molecule has 1 aliphatic heterocycles. The number of carbonyl (C=O) groups excluding carboxylic acids is 1. The maximum Gasteiger partial charge on any atom is 2.00 e. The predicted octanol–water partition coefficient (Wildman–Crippen LogP) is 10.0. The molecule has 1 saturated heterocycles. The van der Waals surface area contributed by atoms with E-state index in [9.17, 15) is 4.79 Å². The van der Waals surface area contributed by atoms with Crippen molar-refractivity contribution in [3.63, 3.8) is 0 Å². The van der Waals surface area contributed by atoms with Crippen LogP contribution in [0.1, 0.15) is 142 Å². The van der Waals surface area contributed by atoms with E-state index in [4.69, 9.17) is 0 Å². The molecular weight excluding hydrogens is 576 g/mol. The van der Waals surface area contributed by atoms with Gasteiger partial charge in [0, 0.05) is 26.2 Å². The SMILES string of the molecule is C1CCCC1.C1CCCC1.CCC1CCN(C(=O)CN(CC2CCCC2)CC2CCCC2)CC1.[CH3-].[CH3-].[CH3-].[CH3-].[Fe+2].[Fe+2]. The van der Waals surface area contributed by atoms with Gasteiger partial charge in [-0.3, -0.25) is 9.69 Å². The summed E-state index contributed by atoms with van der Waals surface area (Å²) >= 11 is 0. The smallest absolute Gasteiger partial charge is 0.358 e. The largest absolute Gasteiger partial charge is 2.00 e. The Morgan fingerprint density at radius 2 is 0.875 bits per heavy atom. The molecule has 1 heterocycles. The maximum absolute atomic E-state index is 12.8. The standard InChI is InChI=1S/C21H38N2O.2C5H10.4CH3.2Fe/c1-2-18-11-13-23(14-12-18)21(24)17-22(15-19-7-3-4-8-19)16-20-9-5-6-10-20;2*1-2-4-5-3-1;;;;;;/h18-20H,2-17H2,1H3;2*1-5H2;4*1H3;;/q;;;4*-1;2*+2. The second-order valence-electron chi connectivity index (χ2n) is 12.3. The van der Waals surface area contributed by atoms with E-state index in [1.54, 1.807) is 0 Å². The van der Waals surface area contributed by atoms with Crippen molar-refractivity contribution in [1.82, 2.24) is 9.80 Å². The predicted molar refractivity (Wildman–Crippen MR) is 172 cm³/mol. The summed E-state index contributed by atoms with van der Waals surface area (Å²) in [7, 11) is 0. The van der Waals surface area contributed by atoms with E-state index >= 15 is 0 Å². The van der Waals surface area contributed by atoms with E-state index in [-0.39, 0.29) is 63.8 Å². The summed E-state index contributed by atoms with van der Waals surface area (Å²) < 4.78 is 0. The zero-order chi connectivity index (χ0) is 23.8. The molecule has 1 amide bonds. The molecule has 5 heteroatoms. The zero-order valence-electron chi connectivity index (χ0n) is 27.6. The molecule has 0 radical (unpaired) electrons. The Hall–Kier alpha value is 0.469. The summed E-state index contributed by atoms with van der Waals surface area (Å²) in [5.74, 6) is 2.96. The fourth-order valence-corrected chi connectivity index (χ4v) is 6.97. The number of hydrogen-bond acceptors (Lipinski definition) is 2. The fraction of sp³-hybridized carbons (Fsp3) is 0.857. The topological polar surface area (TPSA) is 23.6 Å². The molecule has 4 saturated carbocycles. The number of likely N-dealkylation sites (tertiary alicyclic amines) is 1. The van der Waals surface area contributed by atoms with Gasteiger partial charge in [0.2, 0.25) is 5.91 Å². The first-order chi connectivity index (χ1) is 16.7. The summed E-state index contributed by atoms with van der Waals surface area (Å²) in [5, 5.41) is 0. The van der Waals surface area contributed by atoms with Crippen molar-refractivity contribution in [2.75, 3.05) is 32.7 Å². The van der Waals surface area contributed by atoms with E-state index in [0.717, 1.165) is 30.8 Å². The molecule has 4 aliphatic carbocycles. The van der Waals surface area contributed by atoms with Crippen molar-refractivity contribution >= 4 is 5.91 Å². The van der Waals surface area contributed by atoms with Gasteiger partial charge in [-0.1, -0.05) is 103 Å². The van der Waals surface area contributed by atoms with Crippen molar-refractivity contribution in [2.24, 2.45) is 17.8 Å². The molecule has 0 spiro atoms. The molecule has 5 rings (SSSR count). The number of rotatable bonds is 7. The van der Waals surface area contributed by atoms with Crippen molar-refractivity contribution < 1.29 is 38.9 Å². The van der Waals surface area contributed by atoms with Crippen LogP contribution in [-0.2, 0) is 38.9 Å². The van der Waals surface area contributed by atoms with Crippen LogP contribution in [0.4, 0.5) is 0 Å². The van der Waals surface area contributed by atoms with Crippen LogP contribution >= 0.6 is 0 Å². The van der Waals surface area contributed by atoms with E-state index in [1.807, 2.05) is 0 Å².